The lowest BCUT2D eigenvalue weighted by atomic mass is 10.2. The first-order chi connectivity index (χ1) is 13.0. The van der Waals surface area contributed by atoms with Crippen molar-refractivity contribution < 1.29 is 19.1 Å². The number of ether oxygens (including phenoxy) is 2. The fourth-order valence-electron chi connectivity index (χ4n) is 2.29. The number of nitrogens with one attached hydrogen (secondary N) is 1. The van der Waals surface area contributed by atoms with Crippen LogP contribution in [0.3, 0.4) is 0 Å². The third-order valence-electron chi connectivity index (χ3n) is 3.49. The maximum Gasteiger partial charge on any atom is 0.338 e. The second-order valence-corrected chi connectivity index (χ2v) is 6.57. The normalized spacial score (nSPS) is 10.6. The number of amides is 1. The number of rotatable bonds is 8. The second-order valence-electron chi connectivity index (χ2n) is 5.65. The molecule has 6 heteroatoms. The highest BCUT2D eigenvalue weighted by atomic mass is 79.9. The molecule has 0 aliphatic heterocycles. The fourth-order valence-corrected chi connectivity index (χ4v) is 2.67. The predicted octanol–water partition coefficient (Wildman–Crippen LogP) is 5.07. The van der Waals surface area contributed by atoms with Crippen LogP contribution in [0, 0.1) is 0 Å². The molecule has 0 radical (unpaired) electrons. The molecule has 0 aliphatic rings. The van der Waals surface area contributed by atoms with Crippen molar-refractivity contribution in [3.63, 3.8) is 0 Å². The number of esters is 1. The Hall–Kier alpha value is -2.60. The van der Waals surface area contributed by atoms with E-state index in [2.05, 4.69) is 21.2 Å². The molecule has 0 aliphatic carbocycles. The summed E-state index contributed by atoms with van der Waals surface area (Å²) in [5, 5.41) is 2.74. The van der Waals surface area contributed by atoms with E-state index in [1.54, 1.807) is 30.3 Å². The van der Waals surface area contributed by atoms with Crippen molar-refractivity contribution in [3.8, 4) is 5.75 Å². The molecule has 0 heterocycles. The van der Waals surface area contributed by atoms with Gasteiger partial charge in [-0.2, -0.15) is 0 Å². The van der Waals surface area contributed by atoms with E-state index >= 15 is 0 Å². The van der Waals surface area contributed by atoms with Gasteiger partial charge in [-0.15, -0.1) is 0 Å². The number of anilines is 1. The van der Waals surface area contributed by atoms with Crippen LogP contribution < -0.4 is 10.1 Å². The van der Waals surface area contributed by atoms with Gasteiger partial charge in [0.1, 0.15) is 5.75 Å². The molecular weight excluding hydrogens is 410 g/mol. The molecule has 1 amide bonds. The van der Waals surface area contributed by atoms with Crippen molar-refractivity contribution in [1.82, 2.24) is 0 Å². The Balaban J connectivity index is 2.07. The van der Waals surface area contributed by atoms with Crippen LogP contribution in [0.25, 0.3) is 6.08 Å². The third-order valence-corrected chi connectivity index (χ3v) is 3.98. The van der Waals surface area contributed by atoms with Crippen LogP contribution in [0.15, 0.2) is 53.0 Å². The summed E-state index contributed by atoms with van der Waals surface area (Å²) >= 11 is 3.41. The molecule has 2 rings (SSSR count). The summed E-state index contributed by atoms with van der Waals surface area (Å²) in [5.74, 6) is -0.0131. The summed E-state index contributed by atoms with van der Waals surface area (Å²) in [6, 6.07) is 12.3. The number of hydrogen-bond donors (Lipinski definition) is 1. The van der Waals surface area contributed by atoms with E-state index in [0.29, 0.717) is 30.2 Å². The van der Waals surface area contributed by atoms with E-state index < -0.39 is 5.97 Å². The smallest absolute Gasteiger partial charge is 0.338 e. The number of carbonyl (C=O) groups is 2. The molecule has 2 aromatic carbocycles. The zero-order chi connectivity index (χ0) is 19.6. The second kappa shape index (κ2) is 10.5. The van der Waals surface area contributed by atoms with Gasteiger partial charge in [-0.05, 0) is 55.8 Å². The van der Waals surface area contributed by atoms with E-state index in [-0.39, 0.29) is 5.91 Å². The van der Waals surface area contributed by atoms with Gasteiger partial charge in [0.05, 0.1) is 18.8 Å². The van der Waals surface area contributed by atoms with Crippen molar-refractivity contribution in [2.24, 2.45) is 0 Å². The van der Waals surface area contributed by atoms with Crippen LogP contribution in [-0.4, -0.2) is 25.1 Å². The minimum atomic E-state index is -0.404. The Kier molecular flexibility index (Phi) is 8.07. The van der Waals surface area contributed by atoms with Gasteiger partial charge < -0.3 is 14.8 Å². The van der Waals surface area contributed by atoms with Gasteiger partial charge >= 0.3 is 5.97 Å². The molecule has 0 saturated carbocycles. The SMILES string of the molecule is CCCOC(=O)c1cccc(NC(=O)C=Cc2cc(Br)ccc2OCC)c1. The number of benzene rings is 2. The van der Waals surface area contributed by atoms with Crippen LogP contribution in [0.2, 0.25) is 0 Å². The van der Waals surface area contributed by atoms with E-state index in [0.717, 1.165) is 16.5 Å². The molecule has 0 saturated heterocycles. The number of carbonyl (C=O) groups excluding carboxylic acids is 2. The standard InChI is InChI=1S/C21H22BrNO4/c1-3-12-27-21(25)16-6-5-7-18(14-16)23-20(24)11-8-15-13-17(22)9-10-19(15)26-4-2/h5-11,13-14H,3-4,12H2,1-2H3,(H,23,24). The van der Waals surface area contributed by atoms with Gasteiger partial charge in [0.2, 0.25) is 5.91 Å². The Morgan fingerprint density at radius 1 is 1.15 bits per heavy atom. The van der Waals surface area contributed by atoms with Gasteiger partial charge in [-0.25, -0.2) is 4.79 Å². The molecule has 0 fully saturated rings. The van der Waals surface area contributed by atoms with Gasteiger partial charge in [0.25, 0.3) is 0 Å². The Morgan fingerprint density at radius 2 is 1.96 bits per heavy atom. The molecule has 5 nitrogen and oxygen atoms in total. The lowest BCUT2D eigenvalue weighted by Crippen LogP contribution is -2.10. The molecule has 2 aromatic rings. The first-order valence-corrected chi connectivity index (χ1v) is 9.51. The molecule has 0 aromatic heterocycles. The van der Waals surface area contributed by atoms with Crippen LogP contribution in [-0.2, 0) is 9.53 Å². The summed E-state index contributed by atoms with van der Waals surface area (Å²) in [6.07, 6.45) is 3.86. The summed E-state index contributed by atoms with van der Waals surface area (Å²) < 4.78 is 11.6. The molecule has 0 bridgehead atoms. The molecule has 142 valence electrons. The molecule has 0 atom stereocenters. The number of halogens is 1. The van der Waals surface area contributed by atoms with E-state index in [1.165, 1.54) is 6.08 Å². The first-order valence-electron chi connectivity index (χ1n) is 8.72. The topological polar surface area (TPSA) is 64.6 Å². The molecular formula is C21H22BrNO4. The van der Waals surface area contributed by atoms with Crippen LogP contribution in [0.1, 0.15) is 36.2 Å². The molecule has 0 spiro atoms. The maximum atomic E-state index is 12.2. The van der Waals surface area contributed by atoms with Crippen molar-refractivity contribution in [1.29, 1.82) is 0 Å². The van der Waals surface area contributed by atoms with Gasteiger partial charge in [-0.3, -0.25) is 4.79 Å². The Morgan fingerprint density at radius 3 is 2.70 bits per heavy atom. The largest absolute Gasteiger partial charge is 0.493 e. The highest BCUT2D eigenvalue weighted by Gasteiger charge is 2.08. The van der Waals surface area contributed by atoms with E-state index in [4.69, 9.17) is 9.47 Å². The van der Waals surface area contributed by atoms with Gasteiger partial charge in [0, 0.05) is 21.8 Å². The highest BCUT2D eigenvalue weighted by molar-refractivity contribution is 9.10. The number of hydrogen-bond acceptors (Lipinski definition) is 4. The fraction of sp³-hybridized carbons (Fsp3) is 0.238. The zero-order valence-electron chi connectivity index (χ0n) is 15.3. The minimum absolute atomic E-state index is 0.309. The lowest BCUT2D eigenvalue weighted by Gasteiger charge is -2.08. The molecule has 0 unspecified atom stereocenters. The third kappa shape index (κ3) is 6.57. The lowest BCUT2D eigenvalue weighted by molar-refractivity contribution is -0.111. The quantitative estimate of drug-likeness (QED) is 0.468. The summed E-state index contributed by atoms with van der Waals surface area (Å²) in [4.78, 5) is 24.1. The Bertz CT molecular complexity index is 833. The highest BCUT2D eigenvalue weighted by Crippen LogP contribution is 2.24. The van der Waals surface area contributed by atoms with Crippen LogP contribution in [0.5, 0.6) is 5.75 Å². The van der Waals surface area contributed by atoms with E-state index in [9.17, 15) is 9.59 Å². The van der Waals surface area contributed by atoms with Crippen molar-refractivity contribution in [3.05, 3.63) is 64.1 Å². The molecule has 27 heavy (non-hydrogen) atoms. The summed E-state index contributed by atoms with van der Waals surface area (Å²) in [6.45, 7) is 4.74. The average molecular weight is 432 g/mol. The van der Waals surface area contributed by atoms with Crippen LogP contribution in [0.4, 0.5) is 5.69 Å². The monoisotopic (exact) mass is 431 g/mol. The van der Waals surface area contributed by atoms with Crippen LogP contribution >= 0.6 is 15.9 Å². The minimum Gasteiger partial charge on any atom is -0.493 e. The van der Waals surface area contributed by atoms with Crippen molar-refractivity contribution in [2.75, 3.05) is 18.5 Å². The Labute approximate surface area is 167 Å². The zero-order valence-corrected chi connectivity index (χ0v) is 16.9. The first kappa shape index (κ1) is 20.7. The summed E-state index contributed by atoms with van der Waals surface area (Å²) in [5.41, 5.74) is 1.71. The van der Waals surface area contributed by atoms with Crippen molar-refractivity contribution in [2.45, 2.75) is 20.3 Å². The average Bonchev–Trinajstić information content (AvgIpc) is 2.66. The van der Waals surface area contributed by atoms with Gasteiger partial charge in [0.15, 0.2) is 0 Å². The van der Waals surface area contributed by atoms with Crippen molar-refractivity contribution >= 4 is 39.6 Å². The van der Waals surface area contributed by atoms with E-state index in [1.807, 2.05) is 32.0 Å². The maximum absolute atomic E-state index is 12.2. The predicted molar refractivity (Wildman–Crippen MR) is 110 cm³/mol. The molecule has 1 N–H and O–H groups in total. The summed E-state index contributed by atoms with van der Waals surface area (Å²) in [7, 11) is 0. The van der Waals surface area contributed by atoms with Gasteiger partial charge in [-0.1, -0.05) is 28.9 Å².